The van der Waals surface area contributed by atoms with Gasteiger partial charge < -0.3 is 5.11 Å². The lowest BCUT2D eigenvalue weighted by Crippen LogP contribution is -2.54. The second-order valence-electron chi connectivity index (χ2n) is 4.67. The van der Waals surface area contributed by atoms with E-state index in [9.17, 15) is 13.2 Å². The number of hydrogen-bond donors (Lipinski definition) is 3. The van der Waals surface area contributed by atoms with Crippen molar-refractivity contribution in [1.82, 2.24) is 14.9 Å². The summed E-state index contributed by atoms with van der Waals surface area (Å²) in [5.41, 5.74) is -0.402. The third kappa shape index (κ3) is 2.39. The Morgan fingerprint density at radius 3 is 2.67 bits per heavy atom. The number of sulfonamides is 1. The first-order valence-electron chi connectivity index (χ1n) is 5.60. The highest BCUT2D eigenvalue weighted by Gasteiger charge is 2.43. The van der Waals surface area contributed by atoms with Crippen LogP contribution >= 0.6 is 0 Å². The Hall–Kier alpha value is -1.41. The maximum atomic E-state index is 12.1. The van der Waals surface area contributed by atoms with Crippen LogP contribution in [0.3, 0.4) is 0 Å². The second-order valence-corrected chi connectivity index (χ2v) is 6.32. The van der Waals surface area contributed by atoms with Crippen LogP contribution in [0.4, 0.5) is 0 Å². The van der Waals surface area contributed by atoms with Gasteiger partial charge in [0.15, 0.2) is 0 Å². The largest absolute Gasteiger partial charge is 0.481 e. The molecule has 1 aliphatic carbocycles. The fourth-order valence-electron chi connectivity index (χ4n) is 2.16. The van der Waals surface area contributed by atoms with Gasteiger partial charge in [-0.25, -0.2) is 13.1 Å². The van der Waals surface area contributed by atoms with Crippen LogP contribution in [-0.2, 0) is 14.8 Å². The number of nitrogens with one attached hydrogen (secondary N) is 2. The molecule has 2 rings (SSSR count). The number of hydrogen-bond acceptors (Lipinski definition) is 4. The first kappa shape index (κ1) is 13.0. The van der Waals surface area contributed by atoms with E-state index in [4.69, 9.17) is 5.11 Å². The Balaban J connectivity index is 2.22. The molecule has 100 valence electrons. The molecule has 1 saturated carbocycles. The zero-order valence-corrected chi connectivity index (χ0v) is 10.7. The molecular weight excluding hydrogens is 258 g/mol. The van der Waals surface area contributed by atoms with Gasteiger partial charge >= 0.3 is 5.97 Å². The summed E-state index contributed by atoms with van der Waals surface area (Å²) in [5.74, 6) is -0.999. The number of carboxylic acids is 1. The van der Waals surface area contributed by atoms with Crippen LogP contribution in [0, 0.1) is 6.92 Å². The Morgan fingerprint density at radius 2 is 2.28 bits per heavy atom. The number of aromatic amines is 1. The van der Waals surface area contributed by atoms with Gasteiger partial charge in [0.05, 0.1) is 18.3 Å². The molecular formula is C10H15N3O4S. The van der Waals surface area contributed by atoms with E-state index < -0.39 is 21.5 Å². The summed E-state index contributed by atoms with van der Waals surface area (Å²) in [6.45, 7) is 1.60. The highest BCUT2D eigenvalue weighted by atomic mass is 32.2. The summed E-state index contributed by atoms with van der Waals surface area (Å²) in [6.07, 6.45) is 2.97. The highest BCUT2D eigenvalue weighted by molar-refractivity contribution is 7.89. The van der Waals surface area contributed by atoms with Crippen LogP contribution in [0.2, 0.25) is 0 Å². The smallest absolute Gasteiger partial charge is 0.305 e. The Labute approximate surface area is 105 Å². The Bertz CT molecular complexity index is 559. The third-order valence-electron chi connectivity index (χ3n) is 3.22. The van der Waals surface area contributed by atoms with Crippen molar-refractivity contribution in [2.45, 2.75) is 43.0 Å². The molecule has 1 heterocycles. The second kappa shape index (κ2) is 4.36. The normalized spacial score (nSPS) is 18.3. The van der Waals surface area contributed by atoms with Crippen LogP contribution in [0.1, 0.15) is 31.4 Å². The SMILES string of the molecule is Cc1[nH]ncc1S(=O)(=O)NC1(CC(=O)O)CCC1. The topological polar surface area (TPSA) is 112 Å². The van der Waals surface area contributed by atoms with Crippen LogP contribution in [-0.4, -0.2) is 35.2 Å². The summed E-state index contributed by atoms with van der Waals surface area (Å²) < 4.78 is 26.8. The van der Waals surface area contributed by atoms with Gasteiger partial charge in [-0.1, -0.05) is 0 Å². The Kier molecular flexibility index (Phi) is 3.16. The predicted molar refractivity (Wildman–Crippen MR) is 62.5 cm³/mol. The van der Waals surface area contributed by atoms with E-state index in [1.807, 2.05) is 0 Å². The molecule has 0 bridgehead atoms. The van der Waals surface area contributed by atoms with E-state index in [0.29, 0.717) is 18.5 Å². The molecule has 1 aliphatic rings. The molecule has 1 fully saturated rings. The molecule has 3 N–H and O–H groups in total. The van der Waals surface area contributed by atoms with Crippen LogP contribution in [0.25, 0.3) is 0 Å². The number of aromatic nitrogens is 2. The molecule has 8 heteroatoms. The maximum absolute atomic E-state index is 12.1. The fourth-order valence-corrected chi connectivity index (χ4v) is 3.76. The fraction of sp³-hybridized carbons (Fsp3) is 0.600. The van der Waals surface area contributed by atoms with Gasteiger partial charge in [0.25, 0.3) is 0 Å². The van der Waals surface area contributed by atoms with Crippen LogP contribution in [0.15, 0.2) is 11.1 Å². The lowest BCUT2D eigenvalue weighted by Gasteiger charge is -2.40. The van der Waals surface area contributed by atoms with Gasteiger partial charge in [-0.3, -0.25) is 9.89 Å². The number of aliphatic carboxylic acids is 1. The predicted octanol–water partition coefficient (Wildman–Crippen LogP) is 0.394. The molecule has 0 aliphatic heterocycles. The number of H-pyrrole nitrogens is 1. The lowest BCUT2D eigenvalue weighted by molar-refractivity contribution is -0.139. The molecule has 0 spiro atoms. The van der Waals surface area contributed by atoms with Crippen molar-refractivity contribution in [2.75, 3.05) is 0 Å². The summed E-state index contributed by atoms with van der Waals surface area (Å²) in [5, 5.41) is 15.1. The van der Waals surface area contributed by atoms with E-state index in [-0.39, 0.29) is 11.3 Å². The van der Waals surface area contributed by atoms with Crippen LogP contribution < -0.4 is 4.72 Å². The molecule has 0 amide bonds. The van der Waals surface area contributed by atoms with E-state index in [0.717, 1.165) is 6.42 Å². The van der Waals surface area contributed by atoms with Gasteiger partial charge in [-0.2, -0.15) is 5.10 Å². The maximum Gasteiger partial charge on any atom is 0.305 e. The molecule has 0 unspecified atom stereocenters. The summed E-state index contributed by atoms with van der Waals surface area (Å²) >= 11 is 0. The summed E-state index contributed by atoms with van der Waals surface area (Å²) in [4.78, 5) is 10.9. The first-order valence-corrected chi connectivity index (χ1v) is 7.09. The average Bonchev–Trinajstić information content (AvgIpc) is 2.60. The minimum Gasteiger partial charge on any atom is -0.481 e. The minimum atomic E-state index is -3.72. The number of nitrogens with zero attached hydrogens (tertiary/aromatic N) is 1. The zero-order valence-electron chi connectivity index (χ0n) is 9.93. The molecule has 0 saturated heterocycles. The van der Waals surface area contributed by atoms with Gasteiger partial charge in [0, 0.05) is 5.54 Å². The van der Waals surface area contributed by atoms with Crippen molar-refractivity contribution in [3.05, 3.63) is 11.9 Å². The third-order valence-corrected chi connectivity index (χ3v) is 4.92. The highest BCUT2D eigenvalue weighted by Crippen LogP contribution is 2.36. The van der Waals surface area contributed by atoms with Gasteiger partial charge in [-0.15, -0.1) is 0 Å². The van der Waals surface area contributed by atoms with Crippen molar-refractivity contribution in [3.8, 4) is 0 Å². The van der Waals surface area contributed by atoms with Crippen LogP contribution in [0.5, 0.6) is 0 Å². The van der Waals surface area contributed by atoms with E-state index in [1.165, 1.54) is 6.20 Å². The Morgan fingerprint density at radius 1 is 1.61 bits per heavy atom. The number of carbonyl (C=O) groups is 1. The monoisotopic (exact) mass is 273 g/mol. The van der Waals surface area contributed by atoms with E-state index in [1.54, 1.807) is 6.92 Å². The van der Waals surface area contributed by atoms with E-state index >= 15 is 0 Å². The van der Waals surface area contributed by atoms with Crippen molar-refractivity contribution in [2.24, 2.45) is 0 Å². The van der Waals surface area contributed by atoms with Crippen molar-refractivity contribution < 1.29 is 18.3 Å². The van der Waals surface area contributed by atoms with Gasteiger partial charge in [0.1, 0.15) is 4.90 Å². The molecule has 18 heavy (non-hydrogen) atoms. The molecule has 0 atom stereocenters. The van der Waals surface area contributed by atoms with E-state index in [2.05, 4.69) is 14.9 Å². The van der Waals surface area contributed by atoms with Crippen molar-refractivity contribution in [1.29, 1.82) is 0 Å². The lowest BCUT2D eigenvalue weighted by atomic mass is 9.75. The minimum absolute atomic E-state index is 0.0687. The zero-order chi connectivity index (χ0) is 13.4. The first-order chi connectivity index (χ1) is 8.35. The number of carboxylic acid groups (broad SMARTS) is 1. The molecule has 0 aromatic carbocycles. The molecule has 0 radical (unpaired) electrons. The number of rotatable bonds is 5. The van der Waals surface area contributed by atoms with Gasteiger partial charge in [0.2, 0.25) is 10.0 Å². The quantitative estimate of drug-likeness (QED) is 0.718. The summed E-state index contributed by atoms with van der Waals surface area (Å²) in [6, 6.07) is 0. The standard InChI is InChI=1S/C10H15N3O4S/c1-7-8(6-11-12-7)18(16,17)13-10(3-2-4-10)5-9(14)15/h6,13H,2-5H2,1H3,(H,11,12)(H,14,15). The average molecular weight is 273 g/mol. The molecule has 1 aromatic rings. The molecule has 1 aromatic heterocycles. The molecule has 7 nitrogen and oxygen atoms in total. The number of aryl methyl sites for hydroxylation is 1. The van der Waals surface area contributed by atoms with Crippen molar-refractivity contribution >= 4 is 16.0 Å². The summed E-state index contributed by atoms with van der Waals surface area (Å²) in [7, 11) is -3.72. The van der Waals surface area contributed by atoms with Crippen molar-refractivity contribution in [3.63, 3.8) is 0 Å². The van der Waals surface area contributed by atoms with Gasteiger partial charge in [-0.05, 0) is 26.2 Å².